The summed E-state index contributed by atoms with van der Waals surface area (Å²) in [4.78, 5) is 11.9. The van der Waals surface area contributed by atoms with E-state index in [4.69, 9.17) is 4.74 Å². The molecule has 0 unspecified atom stereocenters. The molecule has 23 heavy (non-hydrogen) atoms. The number of methoxy groups -OCH3 is 1. The number of Topliss-reactive ketones (excluding diaryl/α,β-unsaturated/α-hetero) is 1. The summed E-state index contributed by atoms with van der Waals surface area (Å²) in [6, 6.07) is 5.10. The van der Waals surface area contributed by atoms with Crippen LogP contribution in [0.5, 0.6) is 11.5 Å². The minimum atomic E-state index is -0.515. The van der Waals surface area contributed by atoms with Gasteiger partial charge in [0.2, 0.25) is 0 Å². The number of ether oxygens (including phenoxy) is 1. The van der Waals surface area contributed by atoms with Gasteiger partial charge in [0.05, 0.1) is 13.2 Å². The van der Waals surface area contributed by atoms with Crippen molar-refractivity contribution in [2.24, 2.45) is 0 Å². The molecule has 0 heterocycles. The zero-order valence-corrected chi connectivity index (χ0v) is 14.4. The highest BCUT2D eigenvalue weighted by Gasteiger charge is 2.11. The first kappa shape index (κ1) is 19.5. The van der Waals surface area contributed by atoms with E-state index in [1.165, 1.54) is 26.4 Å². The van der Waals surface area contributed by atoms with Crippen molar-refractivity contribution < 1.29 is 19.7 Å². The number of rotatable bonds is 12. The van der Waals surface area contributed by atoms with Crippen LogP contribution in [0.3, 0.4) is 0 Å². The van der Waals surface area contributed by atoms with Gasteiger partial charge in [-0.25, -0.2) is 0 Å². The molecule has 4 nitrogen and oxygen atoms in total. The lowest BCUT2D eigenvalue weighted by Crippen LogP contribution is -2.14. The third kappa shape index (κ3) is 8.03. The summed E-state index contributed by atoms with van der Waals surface area (Å²) in [5.74, 6) is 0.598. The lowest BCUT2D eigenvalue weighted by Gasteiger charge is -2.10. The molecule has 1 atom stereocenters. The third-order valence-corrected chi connectivity index (χ3v) is 4.04. The van der Waals surface area contributed by atoms with Gasteiger partial charge in [-0.15, -0.1) is 0 Å². The molecule has 1 aromatic carbocycles. The van der Waals surface area contributed by atoms with Crippen molar-refractivity contribution in [3.63, 3.8) is 0 Å². The highest BCUT2D eigenvalue weighted by atomic mass is 16.5. The minimum Gasteiger partial charge on any atom is -0.504 e. The number of ketones is 1. The van der Waals surface area contributed by atoms with Crippen molar-refractivity contribution in [2.45, 2.75) is 70.8 Å². The Bertz CT molecular complexity index is 470. The number of carbonyl (C=O) groups is 1. The van der Waals surface area contributed by atoms with Gasteiger partial charge in [0.25, 0.3) is 0 Å². The number of phenols is 1. The van der Waals surface area contributed by atoms with E-state index in [9.17, 15) is 15.0 Å². The lowest BCUT2D eigenvalue weighted by molar-refractivity contribution is -0.121. The normalized spacial score (nSPS) is 12.1. The van der Waals surface area contributed by atoms with Gasteiger partial charge in [0.1, 0.15) is 5.78 Å². The van der Waals surface area contributed by atoms with Gasteiger partial charge in [0, 0.05) is 12.8 Å². The van der Waals surface area contributed by atoms with E-state index in [0.29, 0.717) is 25.0 Å². The Hall–Kier alpha value is -1.55. The van der Waals surface area contributed by atoms with E-state index >= 15 is 0 Å². The Morgan fingerprint density at radius 2 is 1.96 bits per heavy atom. The van der Waals surface area contributed by atoms with Crippen molar-refractivity contribution in [3.8, 4) is 11.5 Å². The molecule has 0 aliphatic rings. The van der Waals surface area contributed by atoms with Crippen LogP contribution in [0.2, 0.25) is 0 Å². The van der Waals surface area contributed by atoms with Crippen LogP contribution in [0.4, 0.5) is 0 Å². The summed E-state index contributed by atoms with van der Waals surface area (Å²) >= 11 is 0. The maximum atomic E-state index is 11.9. The third-order valence-electron chi connectivity index (χ3n) is 4.04. The molecule has 0 aromatic heterocycles. The Morgan fingerprint density at radius 1 is 1.22 bits per heavy atom. The van der Waals surface area contributed by atoms with E-state index in [2.05, 4.69) is 6.92 Å². The highest BCUT2D eigenvalue weighted by molar-refractivity contribution is 5.79. The van der Waals surface area contributed by atoms with Gasteiger partial charge < -0.3 is 14.9 Å². The Balaban J connectivity index is 2.25. The van der Waals surface area contributed by atoms with Gasteiger partial charge in [-0.2, -0.15) is 0 Å². The number of aryl methyl sites for hydroxylation is 1. The van der Waals surface area contributed by atoms with Crippen LogP contribution in [-0.4, -0.2) is 29.2 Å². The molecule has 0 saturated heterocycles. The first-order valence-electron chi connectivity index (χ1n) is 8.62. The molecule has 0 aliphatic heterocycles. The number of aromatic hydroxyl groups is 1. The topological polar surface area (TPSA) is 66.8 Å². The van der Waals surface area contributed by atoms with Gasteiger partial charge >= 0.3 is 0 Å². The largest absolute Gasteiger partial charge is 0.504 e. The first-order valence-corrected chi connectivity index (χ1v) is 8.62. The molecular formula is C19H30O4. The molecule has 0 bridgehead atoms. The Kier molecular flexibility index (Phi) is 9.37. The molecule has 0 spiro atoms. The molecule has 0 amide bonds. The van der Waals surface area contributed by atoms with E-state index in [0.717, 1.165) is 18.4 Å². The summed E-state index contributed by atoms with van der Waals surface area (Å²) in [6.07, 6.45) is 7.22. The Morgan fingerprint density at radius 3 is 2.65 bits per heavy atom. The number of phenolic OH excluding ortho intramolecular Hbond substituents is 1. The molecule has 0 aliphatic carbocycles. The molecule has 1 aromatic rings. The summed E-state index contributed by atoms with van der Waals surface area (Å²) in [5, 5.41) is 19.5. The van der Waals surface area contributed by atoms with Crippen molar-refractivity contribution in [1.29, 1.82) is 0 Å². The fraction of sp³-hybridized carbons (Fsp3) is 0.632. The van der Waals surface area contributed by atoms with Crippen LogP contribution < -0.4 is 4.74 Å². The van der Waals surface area contributed by atoms with Crippen LogP contribution in [0, 0.1) is 0 Å². The van der Waals surface area contributed by atoms with Gasteiger partial charge in [0.15, 0.2) is 11.5 Å². The molecule has 0 saturated carbocycles. The number of hydrogen-bond acceptors (Lipinski definition) is 4. The lowest BCUT2D eigenvalue weighted by atomic mass is 10.0. The highest BCUT2D eigenvalue weighted by Crippen LogP contribution is 2.26. The van der Waals surface area contributed by atoms with Gasteiger partial charge in [-0.3, -0.25) is 4.79 Å². The fourth-order valence-electron chi connectivity index (χ4n) is 2.61. The number of unbranched alkanes of at least 4 members (excludes halogenated alkanes) is 4. The molecule has 4 heteroatoms. The summed E-state index contributed by atoms with van der Waals surface area (Å²) in [6.45, 7) is 2.18. The van der Waals surface area contributed by atoms with E-state index in [1.54, 1.807) is 18.2 Å². The van der Waals surface area contributed by atoms with Gasteiger partial charge in [-0.1, -0.05) is 45.1 Å². The van der Waals surface area contributed by atoms with Crippen LogP contribution in [-0.2, 0) is 11.2 Å². The monoisotopic (exact) mass is 322 g/mol. The fourth-order valence-corrected chi connectivity index (χ4v) is 2.61. The minimum absolute atomic E-state index is 0.0816. The van der Waals surface area contributed by atoms with Crippen LogP contribution in [0.25, 0.3) is 0 Å². The summed E-state index contributed by atoms with van der Waals surface area (Å²) < 4.78 is 5.05. The quantitative estimate of drug-likeness (QED) is 0.571. The summed E-state index contributed by atoms with van der Waals surface area (Å²) in [7, 11) is 1.50. The first-order chi connectivity index (χ1) is 11.1. The standard InChI is InChI=1S/C19H30O4/c1-3-4-5-6-7-8-16(20)14-17(21)11-9-15-10-12-18(22)19(13-15)23-2/h10,12-13,16,20,22H,3-9,11,14H2,1-2H3/t16-/m1/s1. The number of benzene rings is 1. The SMILES string of the molecule is CCCCCCC[C@@H](O)CC(=O)CCc1ccc(O)c(OC)c1. The van der Waals surface area contributed by atoms with Crippen molar-refractivity contribution in [3.05, 3.63) is 23.8 Å². The average molecular weight is 322 g/mol. The van der Waals surface area contributed by atoms with Crippen LogP contribution in [0.1, 0.15) is 63.9 Å². The number of carbonyl (C=O) groups excluding carboxylic acids is 1. The molecule has 0 radical (unpaired) electrons. The molecule has 0 fully saturated rings. The second-order valence-electron chi connectivity index (χ2n) is 6.11. The zero-order valence-electron chi connectivity index (χ0n) is 14.4. The van der Waals surface area contributed by atoms with Crippen LogP contribution in [0.15, 0.2) is 18.2 Å². The smallest absolute Gasteiger partial charge is 0.160 e. The van der Waals surface area contributed by atoms with Gasteiger partial charge in [-0.05, 0) is 30.5 Å². The maximum absolute atomic E-state index is 11.9. The number of aliphatic hydroxyl groups is 1. The molecule has 1 rings (SSSR count). The Labute approximate surface area is 139 Å². The second kappa shape index (κ2) is 11.1. The van der Waals surface area contributed by atoms with E-state index in [1.807, 2.05) is 0 Å². The maximum Gasteiger partial charge on any atom is 0.160 e. The van der Waals surface area contributed by atoms with E-state index < -0.39 is 6.10 Å². The van der Waals surface area contributed by atoms with Crippen molar-refractivity contribution >= 4 is 5.78 Å². The number of hydrogen-bond donors (Lipinski definition) is 2. The van der Waals surface area contributed by atoms with E-state index in [-0.39, 0.29) is 18.0 Å². The zero-order chi connectivity index (χ0) is 17.1. The molecule has 130 valence electrons. The van der Waals surface area contributed by atoms with Crippen molar-refractivity contribution in [1.82, 2.24) is 0 Å². The number of aliphatic hydroxyl groups excluding tert-OH is 1. The predicted molar refractivity (Wildman–Crippen MR) is 92.0 cm³/mol. The summed E-state index contributed by atoms with van der Waals surface area (Å²) in [5.41, 5.74) is 0.946. The van der Waals surface area contributed by atoms with Crippen LogP contribution >= 0.6 is 0 Å². The van der Waals surface area contributed by atoms with Crippen molar-refractivity contribution in [2.75, 3.05) is 7.11 Å². The molecular weight excluding hydrogens is 292 g/mol. The predicted octanol–water partition coefficient (Wildman–Crippen LogP) is 4.01. The average Bonchev–Trinajstić information content (AvgIpc) is 2.54. The molecule has 2 N–H and O–H groups in total. The second-order valence-corrected chi connectivity index (χ2v) is 6.11.